The number of amides is 2. The minimum absolute atomic E-state index is 0.167. The molecule has 0 spiro atoms. The van der Waals surface area contributed by atoms with Crippen molar-refractivity contribution in [2.75, 3.05) is 6.61 Å². The smallest absolute Gasteiger partial charge is 0.417 e. The van der Waals surface area contributed by atoms with Crippen LogP contribution in [-0.2, 0) is 25.3 Å². The molecule has 1 fully saturated rings. The molecule has 0 bridgehead atoms. The number of hydrogen-bond donors (Lipinski definition) is 0. The maximum Gasteiger partial charge on any atom is 0.417 e. The zero-order chi connectivity index (χ0) is 29.7. The van der Waals surface area contributed by atoms with Gasteiger partial charge in [-0.05, 0) is 41.7 Å². The standard InChI is InChI=1S/C34H41NO5Si/c1-33(2,3)40-32(37)35-29(30(31(35)36)38-25-26-17-10-7-11-18-26)23-16-24-39-41(34(4,5)6,27-19-12-8-13-20-27)28-21-14-9-15-22-28/h7-23,29-30H,24-25H2,1-6H3/b23-16+/t29-,30+/m0/s1. The molecule has 7 heteroatoms. The number of imide groups is 1. The first-order chi connectivity index (χ1) is 19.4. The third-order valence-electron chi connectivity index (χ3n) is 7.10. The molecule has 0 aromatic heterocycles. The number of hydrogen-bond acceptors (Lipinski definition) is 5. The van der Waals surface area contributed by atoms with Gasteiger partial charge < -0.3 is 13.9 Å². The van der Waals surface area contributed by atoms with E-state index < -0.39 is 38.1 Å². The Morgan fingerprint density at radius 1 is 0.829 bits per heavy atom. The van der Waals surface area contributed by atoms with Gasteiger partial charge in [0.1, 0.15) is 5.60 Å². The topological polar surface area (TPSA) is 65.1 Å². The highest BCUT2D eigenvalue weighted by Crippen LogP contribution is 2.37. The lowest BCUT2D eigenvalue weighted by Crippen LogP contribution is -2.67. The molecule has 41 heavy (non-hydrogen) atoms. The summed E-state index contributed by atoms with van der Waals surface area (Å²) in [7, 11) is -2.73. The van der Waals surface area contributed by atoms with Crippen LogP contribution >= 0.6 is 0 Å². The molecule has 0 unspecified atom stereocenters. The highest BCUT2D eigenvalue weighted by molar-refractivity contribution is 6.99. The third-order valence-corrected chi connectivity index (χ3v) is 12.1. The maximum atomic E-state index is 13.1. The molecule has 3 aromatic carbocycles. The van der Waals surface area contributed by atoms with E-state index in [1.54, 1.807) is 20.8 Å². The largest absolute Gasteiger partial charge is 0.443 e. The molecule has 0 N–H and O–H groups in total. The first-order valence-corrected chi connectivity index (χ1v) is 16.0. The Kier molecular flexibility index (Phi) is 9.32. The molecule has 1 heterocycles. The van der Waals surface area contributed by atoms with E-state index in [0.717, 1.165) is 10.5 Å². The Labute approximate surface area is 245 Å². The Hall–Kier alpha value is -3.52. The fourth-order valence-corrected chi connectivity index (χ4v) is 9.75. The second-order valence-electron chi connectivity index (χ2n) is 12.3. The van der Waals surface area contributed by atoms with Gasteiger partial charge in [-0.2, -0.15) is 0 Å². The number of benzene rings is 3. The number of rotatable bonds is 9. The summed E-state index contributed by atoms with van der Waals surface area (Å²) in [5.74, 6) is -0.405. The van der Waals surface area contributed by atoms with E-state index in [1.165, 1.54) is 10.4 Å². The molecular formula is C34H41NO5Si. The van der Waals surface area contributed by atoms with Gasteiger partial charge in [-0.1, -0.05) is 124 Å². The number of nitrogens with zero attached hydrogens (tertiary/aromatic N) is 1. The van der Waals surface area contributed by atoms with E-state index in [0.29, 0.717) is 6.61 Å². The third kappa shape index (κ3) is 6.86. The van der Waals surface area contributed by atoms with Crippen molar-refractivity contribution < 1.29 is 23.5 Å². The number of carbonyl (C=O) groups is 2. The summed E-state index contributed by atoms with van der Waals surface area (Å²) in [4.78, 5) is 27.1. The predicted molar refractivity (Wildman–Crippen MR) is 165 cm³/mol. The fourth-order valence-electron chi connectivity index (χ4n) is 5.25. The maximum absolute atomic E-state index is 13.1. The quantitative estimate of drug-likeness (QED) is 0.183. The van der Waals surface area contributed by atoms with Crippen molar-refractivity contribution in [2.24, 2.45) is 0 Å². The van der Waals surface area contributed by atoms with Gasteiger partial charge in [-0.25, -0.2) is 9.69 Å². The number of ether oxygens (including phenoxy) is 2. The van der Waals surface area contributed by atoms with Crippen LogP contribution in [-0.4, -0.2) is 49.6 Å². The molecule has 4 rings (SSSR count). The Morgan fingerprint density at radius 3 is 1.83 bits per heavy atom. The van der Waals surface area contributed by atoms with Gasteiger partial charge in [0.05, 0.1) is 19.3 Å². The van der Waals surface area contributed by atoms with Crippen LogP contribution < -0.4 is 10.4 Å². The van der Waals surface area contributed by atoms with Crippen LogP contribution in [0.1, 0.15) is 47.1 Å². The van der Waals surface area contributed by atoms with Crippen molar-refractivity contribution in [3.8, 4) is 0 Å². The average Bonchev–Trinajstić information content (AvgIpc) is 2.92. The molecule has 2 amide bonds. The van der Waals surface area contributed by atoms with Gasteiger partial charge in [0.2, 0.25) is 0 Å². The van der Waals surface area contributed by atoms with Gasteiger partial charge in [-0.3, -0.25) is 4.79 Å². The van der Waals surface area contributed by atoms with Crippen molar-refractivity contribution in [3.63, 3.8) is 0 Å². The molecule has 3 aromatic rings. The highest BCUT2D eigenvalue weighted by atomic mass is 28.4. The van der Waals surface area contributed by atoms with E-state index in [9.17, 15) is 9.59 Å². The zero-order valence-electron chi connectivity index (χ0n) is 24.9. The molecule has 216 valence electrons. The van der Waals surface area contributed by atoms with E-state index in [2.05, 4.69) is 69.3 Å². The number of likely N-dealkylation sites (tertiary alicyclic amines) is 1. The van der Waals surface area contributed by atoms with Gasteiger partial charge in [0, 0.05) is 0 Å². The summed E-state index contributed by atoms with van der Waals surface area (Å²) < 4.78 is 18.5. The molecule has 6 nitrogen and oxygen atoms in total. The van der Waals surface area contributed by atoms with Crippen LogP contribution in [0.15, 0.2) is 103 Å². The number of β-lactam (4-membered cyclic amide) rings is 1. The molecular weight excluding hydrogens is 530 g/mol. The predicted octanol–water partition coefficient (Wildman–Crippen LogP) is 5.85. The van der Waals surface area contributed by atoms with Crippen molar-refractivity contribution in [3.05, 3.63) is 109 Å². The molecule has 0 radical (unpaired) electrons. The first-order valence-electron chi connectivity index (χ1n) is 14.1. The van der Waals surface area contributed by atoms with E-state index in [4.69, 9.17) is 13.9 Å². The lowest BCUT2D eigenvalue weighted by molar-refractivity contribution is -0.167. The first kappa shape index (κ1) is 30.4. The van der Waals surface area contributed by atoms with Gasteiger partial charge >= 0.3 is 6.09 Å². The Morgan fingerprint density at radius 2 is 1.34 bits per heavy atom. The average molecular weight is 572 g/mol. The highest BCUT2D eigenvalue weighted by Gasteiger charge is 2.52. The Bertz CT molecular complexity index is 1290. The monoisotopic (exact) mass is 571 g/mol. The summed E-state index contributed by atoms with van der Waals surface area (Å²) in [6.45, 7) is 12.6. The van der Waals surface area contributed by atoms with E-state index in [1.807, 2.05) is 54.6 Å². The molecule has 1 aliphatic rings. The van der Waals surface area contributed by atoms with E-state index in [-0.39, 0.29) is 11.6 Å². The van der Waals surface area contributed by atoms with Crippen molar-refractivity contribution >= 4 is 30.7 Å². The van der Waals surface area contributed by atoms with Gasteiger partial charge in [0.15, 0.2) is 6.10 Å². The summed E-state index contributed by atoms with van der Waals surface area (Å²) in [5.41, 5.74) is 0.224. The van der Waals surface area contributed by atoms with Crippen molar-refractivity contribution in [1.29, 1.82) is 0 Å². The summed E-state index contributed by atoms with van der Waals surface area (Å²) in [5, 5.41) is 2.20. The minimum Gasteiger partial charge on any atom is -0.443 e. The normalized spacial score (nSPS) is 17.9. The molecule has 0 aliphatic carbocycles. The molecule has 1 saturated heterocycles. The molecule has 2 atom stereocenters. The fraction of sp³-hybridized carbons (Fsp3) is 0.353. The van der Waals surface area contributed by atoms with Crippen LogP contribution in [0, 0.1) is 0 Å². The van der Waals surface area contributed by atoms with Crippen LogP contribution in [0.25, 0.3) is 0 Å². The minimum atomic E-state index is -2.73. The number of carbonyl (C=O) groups excluding carboxylic acids is 2. The summed E-state index contributed by atoms with van der Waals surface area (Å²) in [6.07, 6.45) is 2.27. The van der Waals surface area contributed by atoms with Gasteiger partial charge in [-0.15, -0.1) is 0 Å². The zero-order valence-corrected chi connectivity index (χ0v) is 25.9. The lowest BCUT2D eigenvalue weighted by atomic mass is 9.98. The summed E-state index contributed by atoms with van der Waals surface area (Å²) >= 11 is 0. The second kappa shape index (κ2) is 12.6. The van der Waals surface area contributed by atoms with Crippen molar-refractivity contribution in [1.82, 2.24) is 4.90 Å². The molecule has 1 aliphatic heterocycles. The lowest BCUT2D eigenvalue weighted by Gasteiger charge is -2.44. The SMILES string of the molecule is CC(C)(C)OC(=O)N1C(=O)[C@H](OCc2ccccc2)[C@@H]1/C=C/CO[Si](c1ccccc1)(c1ccccc1)C(C)(C)C. The van der Waals surface area contributed by atoms with Crippen LogP contribution in [0.5, 0.6) is 0 Å². The molecule has 0 saturated carbocycles. The van der Waals surface area contributed by atoms with Crippen LogP contribution in [0.4, 0.5) is 4.79 Å². The Balaban J connectivity index is 1.58. The van der Waals surface area contributed by atoms with E-state index >= 15 is 0 Å². The van der Waals surface area contributed by atoms with Crippen LogP contribution in [0.2, 0.25) is 5.04 Å². The second-order valence-corrected chi connectivity index (χ2v) is 16.6. The van der Waals surface area contributed by atoms with Crippen LogP contribution in [0.3, 0.4) is 0 Å². The van der Waals surface area contributed by atoms with Gasteiger partial charge in [0.25, 0.3) is 14.2 Å². The van der Waals surface area contributed by atoms with Crippen molar-refractivity contribution in [2.45, 2.75) is 70.9 Å². The summed E-state index contributed by atoms with van der Waals surface area (Å²) in [6, 6.07) is 29.9.